The first-order valence-corrected chi connectivity index (χ1v) is 9.03. The zero-order valence-corrected chi connectivity index (χ0v) is 15.1. The van der Waals surface area contributed by atoms with Crippen LogP contribution in [-0.2, 0) is 25.3 Å². The molecule has 1 fully saturated rings. The van der Waals surface area contributed by atoms with Crippen LogP contribution in [0.2, 0.25) is 0 Å². The van der Waals surface area contributed by atoms with Crippen molar-refractivity contribution in [2.24, 2.45) is 20.0 Å². The van der Waals surface area contributed by atoms with E-state index in [-0.39, 0.29) is 17.9 Å². The molecule has 2 aliphatic rings. The SMILES string of the molecule is CN1C(=O)C[C@@H](CNC2CCCc3nn(C)cc32)[C@@H]1c1cnn(C)c1. The van der Waals surface area contributed by atoms with Crippen molar-refractivity contribution >= 4 is 5.91 Å². The van der Waals surface area contributed by atoms with E-state index in [1.807, 2.05) is 43.1 Å². The summed E-state index contributed by atoms with van der Waals surface area (Å²) < 4.78 is 3.72. The van der Waals surface area contributed by atoms with E-state index in [1.165, 1.54) is 11.3 Å². The number of carbonyl (C=O) groups excluding carboxylic acids is 1. The van der Waals surface area contributed by atoms with Crippen molar-refractivity contribution in [2.45, 2.75) is 37.8 Å². The van der Waals surface area contributed by atoms with Crippen LogP contribution >= 0.6 is 0 Å². The Balaban J connectivity index is 1.49. The molecule has 0 saturated carbocycles. The van der Waals surface area contributed by atoms with Gasteiger partial charge in [-0.25, -0.2) is 0 Å². The van der Waals surface area contributed by atoms with Crippen molar-refractivity contribution in [3.63, 3.8) is 0 Å². The van der Waals surface area contributed by atoms with Gasteiger partial charge in [-0.1, -0.05) is 0 Å². The quantitative estimate of drug-likeness (QED) is 0.910. The molecule has 0 spiro atoms. The minimum atomic E-state index is 0.102. The standard InChI is InChI=1S/C18H26N6O/c1-22-10-13(9-20-22)18-12(7-17(25)24(18)3)8-19-15-5-4-6-16-14(15)11-23(2)21-16/h9-12,15,18-19H,4-8H2,1-3H3/t12-,15?,18+/m0/s1. The van der Waals surface area contributed by atoms with Crippen LogP contribution in [0.15, 0.2) is 18.6 Å². The van der Waals surface area contributed by atoms with E-state index in [0.717, 1.165) is 31.4 Å². The Labute approximate surface area is 148 Å². The maximum Gasteiger partial charge on any atom is 0.223 e. The molecule has 0 aromatic carbocycles. The van der Waals surface area contributed by atoms with Gasteiger partial charge in [0.25, 0.3) is 0 Å². The van der Waals surface area contributed by atoms with E-state index in [1.54, 1.807) is 4.68 Å². The molecule has 2 aromatic rings. The fourth-order valence-electron chi connectivity index (χ4n) is 4.40. The second-order valence-electron chi connectivity index (χ2n) is 7.42. The number of carbonyl (C=O) groups is 1. The first kappa shape index (κ1) is 16.3. The van der Waals surface area contributed by atoms with Gasteiger partial charge in [-0.15, -0.1) is 0 Å². The lowest BCUT2D eigenvalue weighted by molar-refractivity contribution is -0.127. The summed E-state index contributed by atoms with van der Waals surface area (Å²) in [4.78, 5) is 14.2. The van der Waals surface area contributed by atoms with Crippen LogP contribution in [0.3, 0.4) is 0 Å². The molecule has 4 rings (SSSR count). The van der Waals surface area contributed by atoms with Crippen molar-refractivity contribution in [3.05, 3.63) is 35.4 Å². The summed E-state index contributed by atoms with van der Waals surface area (Å²) >= 11 is 0. The maximum atomic E-state index is 12.3. The minimum absolute atomic E-state index is 0.102. The molecule has 1 amide bonds. The Morgan fingerprint density at radius 1 is 1.24 bits per heavy atom. The third-order valence-corrected chi connectivity index (χ3v) is 5.61. The third kappa shape index (κ3) is 2.97. The van der Waals surface area contributed by atoms with Gasteiger partial charge >= 0.3 is 0 Å². The number of fused-ring (bicyclic) bond motifs is 1. The lowest BCUT2D eigenvalue weighted by Crippen LogP contribution is -2.32. The van der Waals surface area contributed by atoms with Crippen molar-refractivity contribution in [1.82, 2.24) is 29.8 Å². The number of hydrogen-bond donors (Lipinski definition) is 1. The molecule has 1 aliphatic heterocycles. The number of nitrogens with one attached hydrogen (secondary N) is 1. The predicted octanol–water partition coefficient (Wildman–Crippen LogP) is 1.34. The molecule has 2 aromatic heterocycles. The second kappa shape index (κ2) is 6.29. The predicted molar refractivity (Wildman–Crippen MR) is 93.7 cm³/mol. The number of hydrogen-bond acceptors (Lipinski definition) is 4. The first-order valence-electron chi connectivity index (χ1n) is 9.03. The molecular weight excluding hydrogens is 316 g/mol. The molecule has 0 radical (unpaired) electrons. The number of rotatable bonds is 4. The minimum Gasteiger partial charge on any atom is -0.338 e. The van der Waals surface area contributed by atoms with Gasteiger partial charge in [-0.05, 0) is 19.3 Å². The Bertz CT molecular complexity index is 778. The summed E-state index contributed by atoms with van der Waals surface area (Å²) in [5.74, 6) is 0.482. The van der Waals surface area contributed by atoms with Gasteiger partial charge in [0.1, 0.15) is 0 Å². The summed E-state index contributed by atoms with van der Waals surface area (Å²) in [5, 5.41) is 12.6. The number of nitrogens with zero attached hydrogens (tertiary/aromatic N) is 5. The van der Waals surface area contributed by atoms with E-state index >= 15 is 0 Å². The Hall–Kier alpha value is -2.15. The number of aryl methyl sites for hydroxylation is 3. The fourth-order valence-corrected chi connectivity index (χ4v) is 4.40. The van der Waals surface area contributed by atoms with Gasteiger partial charge in [0, 0.05) is 69.6 Å². The molecule has 134 valence electrons. The van der Waals surface area contributed by atoms with Crippen LogP contribution in [0.4, 0.5) is 0 Å². The number of aromatic nitrogens is 4. The van der Waals surface area contributed by atoms with Gasteiger partial charge in [0.2, 0.25) is 5.91 Å². The van der Waals surface area contributed by atoms with E-state index in [4.69, 9.17) is 0 Å². The molecule has 1 saturated heterocycles. The molecule has 7 nitrogen and oxygen atoms in total. The van der Waals surface area contributed by atoms with E-state index in [0.29, 0.717) is 12.5 Å². The lowest BCUT2D eigenvalue weighted by Gasteiger charge is -2.28. The van der Waals surface area contributed by atoms with E-state index < -0.39 is 0 Å². The molecule has 1 unspecified atom stereocenters. The highest BCUT2D eigenvalue weighted by molar-refractivity contribution is 5.79. The normalized spacial score (nSPS) is 26.3. The van der Waals surface area contributed by atoms with Crippen LogP contribution in [0, 0.1) is 5.92 Å². The summed E-state index contributed by atoms with van der Waals surface area (Å²) in [6.45, 7) is 0.828. The highest BCUT2D eigenvalue weighted by Gasteiger charge is 2.39. The highest BCUT2D eigenvalue weighted by Crippen LogP contribution is 2.37. The van der Waals surface area contributed by atoms with Crippen LogP contribution in [-0.4, -0.2) is 44.0 Å². The largest absolute Gasteiger partial charge is 0.338 e. The van der Waals surface area contributed by atoms with Crippen molar-refractivity contribution in [2.75, 3.05) is 13.6 Å². The van der Waals surface area contributed by atoms with Crippen molar-refractivity contribution in [1.29, 1.82) is 0 Å². The zero-order chi connectivity index (χ0) is 17.6. The fraction of sp³-hybridized carbons (Fsp3) is 0.611. The second-order valence-corrected chi connectivity index (χ2v) is 7.42. The Kier molecular flexibility index (Phi) is 4.11. The number of amides is 1. The topological polar surface area (TPSA) is 68.0 Å². The van der Waals surface area contributed by atoms with Crippen LogP contribution in [0.1, 0.15) is 48.2 Å². The molecule has 1 aliphatic carbocycles. The van der Waals surface area contributed by atoms with Crippen LogP contribution in [0.25, 0.3) is 0 Å². The molecule has 1 N–H and O–H groups in total. The zero-order valence-electron chi connectivity index (χ0n) is 15.1. The van der Waals surface area contributed by atoms with Gasteiger partial charge < -0.3 is 10.2 Å². The lowest BCUT2D eigenvalue weighted by atomic mass is 9.91. The summed E-state index contributed by atoms with van der Waals surface area (Å²) in [7, 11) is 5.80. The summed E-state index contributed by atoms with van der Waals surface area (Å²) in [6.07, 6.45) is 9.99. The van der Waals surface area contributed by atoms with Gasteiger partial charge in [-0.3, -0.25) is 14.2 Å². The van der Waals surface area contributed by atoms with Gasteiger partial charge in [0.15, 0.2) is 0 Å². The first-order chi connectivity index (χ1) is 12.0. The van der Waals surface area contributed by atoms with E-state index in [9.17, 15) is 4.79 Å². The smallest absolute Gasteiger partial charge is 0.223 e. The van der Waals surface area contributed by atoms with Gasteiger partial charge in [-0.2, -0.15) is 10.2 Å². The maximum absolute atomic E-state index is 12.3. The van der Waals surface area contributed by atoms with E-state index in [2.05, 4.69) is 21.7 Å². The summed E-state index contributed by atoms with van der Waals surface area (Å²) in [5.41, 5.74) is 3.66. The highest BCUT2D eigenvalue weighted by atomic mass is 16.2. The molecular formula is C18H26N6O. The molecule has 3 heterocycles. The van der Waals surface area contributed by atoms with Crippen LogP contribution in [0.5, 0.6) is 0 Å². The average Bonchev–Trinajstić information content (AvgIpc) is 3.23. The number of likely N-dealkylation sites (tertiary alicyclic amines) is 1. The Morgan fingerprint density at radius 2 is 2.08 bits per heavy atom. The molecule has 7 heteroatoms. The Morgan fingerprint density at radius 3 is 2.84 bits per heavy atom. The van der Waals surface area contributed by atoms with Crippen molar-refractivity contribution in [3.8, 4) is 0 Å². The average molecular weight is 342 g/mol. The van der Waals surface area contributed by atoms with Crippen LogP contribution < -0.4 is 5.32 Å². The molecule has 3 atom stereocenters. The molecule has 0 bridgehead atoms. The van der Waals surface area contributed by atoms with Crippen molar-refractivity contribution < 1.29 is 4.79 Å². The summed E-state index contributed by atoms with van der Waals surface area (Å²) in [6, 6.07) is 0.443. The monoisotopic (exact) mass is 342 g/mol. The molecule has 25 heavy (non-hydrogen) atoms. The van der Waals surface area contributed by atoms with Gasteiger partial charge in [0.05, 0.1) is 17.9 Å². The third-order valence-electron chi connectivity index (χ3n) is 5.61.